The van der Waals surface area contributed by atoms with Crippen LogP contribution in [0.5, 0.6) is 0 Å². The van der Waals surface area contributed by atoms with E-state index in [0.29, 0.717) is 0 Å². The molecule has 0 aromatic carbocycles. The van der Waals surface area contributed by atoms with E-state index in [1.807, 2.05) is 0 Å². The molecule has 0 bridgehead atoms. The molecule has 20 heavy (non-hydrogen) atoms. The highest BCUT2D eigenvalue weighted by atomic mass is 17.2. The first kappa shape index (κ1) is 18.5. The highest BCUT2D eigenvalue weighted by molar-refractivity contribution is 5.60. The van der Waals surface area contributed by atoms with Crippen molar-refractivity contribution in [2.75, 3.05) is 0 Å². The van der Waals surface area contributed by atoms with E-state index in [0.717, 1.165) is 0 Å². The smallest absolute Gasteiger partial charge is 0.447 e. The van der Waals surface area contributed by atoms with Crippen molar-refractivity contribution in [2.24, 2.45) is 0 Å². The Bertz CT molecular complexity index is 197. The summed E-state index contributed by atoms with van der Waals surface area (Å²) < 4.78 is 0. The monoisotopic (exact) mass is 290 g/mol. The van der Waals surface area contributed by atoms with Crippen LogP contribution in [0.1, 0.15) is 77.0 Å². The summed E-state index contributed by atoms with van der Waals surface area (Å²) in [5.74, 6) is 0. The molecule has 0 spiro atoms. The van der Waals surface area contributed by atoms with Crippen molar-refractivity contribution in [3.8, 4) is 0 Å². The quantitative estimate of drug-likeness (QED) is 0.483. The van der Waals surface area contributed by atoms with Gasteiger partial charge in [0.15, 0.2) is 0 Å². The Morgan fingerprint density at radius 3 is 0.750 bits per heavy atom. The van der Waals surface area contributed by atoms with Crippen LogP contribution in [-0.2, 0) is 9.78 Å². The van der Waals surface area contributed by atoms with Gasteiger partial charge in [0, 0.05) is 0 Å². The molecule has 118 valence electrons. The number of rotatable bonds is 0. The second kappa shape index (κ2) is 14.0. The van der Waals surface area contributed by atoms with Gasteiger partial charge in [-0.2, -0.15) is 0 Å². The maximum Gasteiger partial charge on any atom is 0.547 e. The van der Waals surface area contributed by atoms with E-state index >= 15 is 0 Å². The predicted molar refractivity (Wildman–Crippen MR) is 73.6 cm³/mol. The van der Waals surface area contributed by atoms with Crippen LogP contribution < -0.4 is 0 Å². The first-order valence-corrected chi connectivity index (χ1v) is 7.43. The predicted octanol–water partition coefficient (Wildman–Crippen LogP) is 4.97. The van der Waals surface area contributed by atoms with E-state index in [1.54, 1.807) is 0 Å². The molecule has 0 aromatic rings. The number of carbonyl (C=O) groups is 2. The van der Waals surface area contributed by atoms with Crippen molar-refractivity contribution in [3.63, 3.8) is 0 Å². The van der Waals surface area contributed by atoms with Gasteiger partial charge in [-0.15, -0.1) is 0 Å². The van der Waals surface area contributed by atoms with Crippen molar-refractivity contribution < 1.29 is 29.6 Å². The van der Waals surface area contributed by atoms with Gasteiger partial charge in [0.1, 0.15) is 0 Å². The molecular formula is C14H26O6. The Balaban J connectivity index is 0.000000274. The highest BCUT2D eigenvalue weighted by Gasteiger charge is 2.01. The molecule has 0 aliphatic heterocycles. The molecule has 0 aromatic heterocycles. The summed E-state index contributed by atoms with van der Waals surface area (Å²) in [6, 6.07) is 0. The Labute approximate surface area is 120 Å². The van der Waals surface area contributed by atoms with Crippen LogP contribution in [0.4, 0.5) is 9.59 Å². The minimum absolute atomic E-state index is 1.50. The molecule has 2 fully saturated rings. The first-order chi connectivity index (χ1) is 9.63. The molecule has 2 saturated carbocycles. The summed E-state index contributed by atoms with van der Waals surface area (Å²) in [6.45, 7) is 0. The zero-order chi connectivity index (χ0) is 15.1. The van der Waals surface area contributed by atoms with E-state index in [9.17, 15) is 9.59 Å². The lowest BCUT2D eigenvalue weighted by atomic mass is 10.0. The van der Waals surface area contributed by atoms with Gasteiger partial charge in [-0.05, 0) is 0 Å². The highest BCUT2D eigenvalue weighted by Crippen LogP contribution is 2.15. The summed E-state index contributed by atoms with van der Waals surface area (Å²) in [4.78, 5) is 24.8. The van der Waals surface area contributed by atoms with Crippen LogP contribution in [0.2, 0.25) is 0 Å². The molecule has 0 amide bonds. The lowest BCUT2D eigenvalue weighted by molar-refractivity contribution is -0.208. The molecule has 0 radical (unpaired) electrons. The van der Waals surface area contributed by atoms with E-state index in [4.69, 9.17) is 10.2 Å². The second-order valence-electron chi connectivity index (χ2n) is 4.94. The molecule has 2 aliphatic rings. The van der Waals surface area contributed by atoms with Crippen LogP contribution in [0.3, 0.4) is 0 Å². The lowest BCUT2D eigenvalue weighted by Crippen LogP contribution is -2.05. The third-order valence-electron chi connectivity index (χ3n) is 3.18. The second-order valence-corrected chi connectivity index (χ2v) is 4.94. The summed E-state index contributed by atoms with van der Waals surface area (Å²) in [6.07, 6.45) is 14.4. The van der Waals surface area contributed by atoms with Crippen molar-refractivity contribution >= 4 is 12.3 Å². The van der Waals surface area contributed by atoms with Gasteiger partial charge >= 0.3 is 12.3 Å². The van der Waals surface area contributed by atoms with Crippen LogP contribution >= 0.6 is 0 Å². The summed E-state index contributed by atoms with van der Waals surface area (Å²) in [5, 5.41) is 15.1. The maximum absolute atomic E-state index is 9.29. The fourth-order valence-corrected chi connectivity index (χ4v) is 2.19. The zero-order valence-corrected chi connectivity index (χ0v) is 12.0. The Kier molecular flexibility index (Phi) is 12.9. The average Bonchev–Trinajstić information content (AvgIpc) is 2.50. The fraction of sp³-hybridized carbons (Fsp3) is 0.857. The third-order valence-corrected chi connectivity index (χ3v) is 3.18. The van der Waals surface area contributed by atoms with Crippen LogP contribution in [-0.4, -0.2) is 22.5 Å². The van der Waals surface area contributed by atoms with E-state index in [-0.39, 0.29) is 0 Å². The SMILES string of the molecule is C1CCCCC1.C1CCCCC1.O=C(O)OOC(=O)O. The minimum atomic E-state index is -1.80. The molecule has 2 aliphatic carbocycles. The Morgan fingerprint density at radius 1 is 0.500 bits per heavy atom. The number of carboxylic acid groups (broad SMARTS) is 2. The largest absolute Gasteiger partial charge is 0.547 e. The van der Waals surface area contributed by atoms with E-state index < -0.39 is 12.3 Å². The molecule has 2 N–H and O–H groups in total. The zero-order valence-electron chi connectivity index (χ0n) is 12.0. The normalized spacial score (nSPS) is 17.4. The van der Waals surface area contributed by atoms with E-state index in [1.165, 1.54) is 77.0 Å². The van der Waals surface area contributed by atoms with Crippen molar-refractivity contribution in [3.05, 3.63) is 0 Å². The van der Waals surface area contributed by atoms with Crippen molar-refractivity contribution in [1.82, 2.24) is 0 Å². The fourth-order valence-electron chi connectivity index (χ4n) is 2.19. The molecule has 6 heteroatoms. The van der Waals surface area contributed by atoms with Gasteiger partial charge in [0.05, 0.1) is 0 Å². The molecule has 0 atom stereocenters. The van der Waals surface area contributed by atoms with Gasteiger partial charge < -0.3 is 10.2 Å². The molecule has 0 heterocycles. The minimum Gasteiger partial charge on any atom is -0.447 e. The molecule has 2 rings (SSSR count). The van der Waals surface area contributed by atoms with Gasteiger partial charge in [0.25, 0.3) is 0 Å². The molecule has 0 saturated heterocycles. The maximum atomic E-state index is 9.29. The van der Waals surface area contributed by atoms with Gasteiger partial charge in [-0.1, -0.05) is 77.0 Å². The van der Waals surface area contributed by atoms with Crippen LogP contribution in [0.25, 0.3) is 0 Å². The van der Waals surface area contributed by atoms with Crippen molar-refractivity contribution in [1.29, 1.82) is 0 Å². The summed E-state index contributed by atoms with van der Waals surface area (Å²) in [5.41, 5.74) is 0. The van der Waals surface area contributed by atoms with Crippen LogP contribution in [0.15, 0.2) is 0 Å². The van der Waals surface area contributed by atoms with Gasteiger partial charge in [-0.25, -0.2) is 19.4 Å². The topological polar surface area (TPSA) is 93.1 Å². The third kappa shape index (κ3) is 16.5. The molecule has 6 nitrogen and oxygen atoms in total. The lowest BCUT2D eigenvalue weighted by Gasteiger charge is -2.05. The first-order valence-electron chi connectivity index (χ1n) is 7.43. The van der Waals surface area contributed by atoms with Crippen LogP contribution in [0, 0.1) is 0 Å². The van der Waals surface area contributed by atoms with E-state index in [2.05, 4.69) is 9.78 Å². The molecule has 0 unspecified atom stereocenters. The standard InChI is InChI=1S/2C6H12.C2H2O6/c2*1-2-4-6-5-3-1;3-1(4)7-8-2(5)6/h2*1-6H2;(H,3,4)(H,5,6). The number of hydrogen-bond donors (Lipinski definition) is 2. The Hall–Kier alpha value is -1.46. The summed E-state index contributed by atoms with van der Waals surface area (Å²) in [7, 11) is 0. The molecular weight excluding hydrogens is 264 g/mol. The number of hydrogen-bond acceptors (Lipinski definition) is 4. The van der Waals surface area contributed by atoms with Gasteiger partial charge in [-0.3, -0.25) is 0 Å². The van der Waals surface area contributed by atoms with Crippen molar-refractivity contribution in [2.45, 2.75) is 77.0 Å². The Morgan fingerprint density at radius 2 is 0.650 bits per heavy atom. The average molecular weight is 290 g/mol. The van der Waals surface area contributed by atoms with Gasteiger partial charge in [0.2, 0.25) is 0 Å². The summed E-state index contributed by atoms with van der Waals surface area (Å²) >= 11 is 0.